The Balaban J connectivity index is 2.29. The molecule has 3 aromatic carbocycles. The van der Waals surface area contributed by atoms with Crippen LogP contribution in [0.4, 0.5) is 0 Å². The molecule has 3 aromatic rings. The monoisotopic (exact) mass is 338 g/mol. The molecular weight excluding hydrogens is 320 g/mol. The molecule has 0 saturated heterocycles. The molecule has 21 heavy (non-hydrogen) atoms. The maximum Gasteiger partial charge on any atom is 0.0219 e. The topological polar surface area (TPSA) is 0 Å². The zero-order valence-corrected chi connectivity index (χ0v) is 14.0. The summed E-state index contributed by atoms with van der Waals surface area (Å²) in [5, 5.41) is 2.70. The summed E-state index contributed by atoms with van der Waals surface area (Å²) in [5.74, 6) is 0.646. The number of rotatable bonds is 3. The summed E-state index contributed by atoms with van der Waals surface area (Å²) < 4.78 is 1.22. The van der Waals surface area contributed by atoms with Crippen LogP contribution in [0.5, 0.6) is 0 Å². The molecule has 0 atom stereocenters. The van der Waals surface area contributed by atoms with E-state index in [-0.39, 0.29) is 0 Å². The lowest BCUT2D eigenvalue weighted by Crippen LogP contribution is -1.97. The first-order valence-electron chi connectivity index (χ1n) is 7.42. The summed E-state index contributed by atoms with van der Waals surface area (Å²) in [5.41, 5.74) is 3.98. The van der Waals surface area contributed by atoms with Gasteiger partial charge in [0.1, 0.15) is 0 Å². The summed E-state index contributed by atoms with van der Waals surface area (Å²) in [7, 11) is 0. The second-order valence-electron chi connectivity index (χ2n) is 5.89. The fraction of sp³-hybridized carbons (Fsp3) is 0.200. The first kappa shape index (κ1) is 14.3. The molecule has 0 aliphatic rings. The highest BCUT2D eigenvalue weighted by atomic mass is 79.9. The summed E-state index contributed by atoms with van der Waals surface area (Å²) in [4.78, 5) is 0. The lowest BCUT2D eigenvalue weighted by Gasteiger charge is -2.15. The van der Waals surface area contributed by atoms with Crippen LogP contribution in [-0.4, -0.2) is 0 Å². The van der Waals surface area contributed by atoms with Crippen molar-refractivity contribution in [2.75, 3.05) is 0 Å². The Hall–Kier alpha value is -1.60. The smallest absolute Gasteiger partial charge is 0.0219 e. The van der Waals surface area contributed by atoms with Crippen LogP contribution in [0.15, 0.2) is 65.1 Å². The van der Waals surface area contributed by atoms with E-state index in [2.05, 4.69) is 90.4 Å². The molecule has 1 heteroatoms. The van der Waals surface area contributed by atoms with Crippen molar-refractivity contribution in [1.82, 2.24) is 0 Å². The highest BCUT2D eigenvalue weighted by Gasteiger charge is 2.12. The molecule has 0 radical (unpaired) electrons. The highest BCUT2D eigenvalue weighted by Crippen LogP contribution is 2.36. The molecule has 0 saturated carbocycles. The maximum absolute atomic E-state index is 3.79. The van der Waals surface area contributed by atoms with Gasteiger partial charge in [-0.15, -0.1) is 0 Å². The predicted molar refractivity (Wildman–Crippen MR) is 95.6 cm³/mol. The Kier molecular flexibility index (Phi) is 4.12. The van der Waals surface area contributed by atoms with Crippen LogP contribution in [0.3, 0.4) is 0 Å². The van der Waals surface area contributed by atoms with Crippen molar-refractivity contribution in [2.45, 2.75) is 20.3 Å². The van der Waals surface area contributed by atoms with Gasteiger partial charge in [0.05, 0.1) is 0 Å². The van der Waals surface area contributed by atoms with Crippen molar-refractivity contribution in [1.29, 1.82) is 0 Å². The number of hydrogen-bond donors (Lipinski definition) is 0. The zero-order chi connectivity index (χ0) is 14.8. The Morgan fingerprint density at radius 1 is 0.857 bits per heavy atom. The molecule has 0 spiro atoms. The van der Waals surface area contributed by atoms with Gasteiger partial charge in [0, 0.05) is 4.47 Å². The van der Waals surface area contributed by atoms with Crippen LogP contribution in [0.2, 0.25) is 0 Å². The first-order valence-corrected chi connectivity index (χ1v) is 8.21. The van der Waals surface area contributed by atoms with Gasteiger partial charge in [-0.3, -0.25) is 0 Å². The fourth-order valence-corrected chi connectivity index (χ4v) is 3.48. The predicted octanol–water partition coefficient (Wildman–Crippen LogP) is 6.47. The van der Waals surface area contributed by atoms with E-state index in [4.69, 9.17) is 0 Å². The summed E-state index contributed by atoms with van der Waals surface area (Å²) >= 11 is 3.79. The fourth-order valence-electron chi connectivity index (χ4n) is 2.87. The second-order valence-corrected chi connectivity index (χ2v) is 6.75. The zero-order valence-electron chi connectivity index (χ0n) is 12.4. The molecule has 0 N–H and O–H groups in total. The third-order valence-corrected chi connectivity index (χ3v) is 4.51. The van der Waals surface area contributed by atoms with E-state index in [1.54, 1.807) is 0 Å². The van der Waals surface area contributed by atoms with Gasteiger partial charge in [0.2, 0.25) is 0 Å². The van der Waals surface area contributed by atoms with E-state index >= 15 is 0 Å². The molecule has 0 aliphatic carbocycles. The first-order chi connectivity index (χ1) is 10.2. The summed E-state index contributed by atoms with van der Waals surface area (Å²) in [6.45, 7) is 4.54. The van der Waals surface area contributed by atoms with E-state index in [1.165, 1.54) is 31.9 Å². The van der Waals surface area contributed by atoms with Gasteiger partial charge in [-0.05, 0) is 45.9 Å². The Morgan fingerprint density at radius 3 is 2.14 bits per heavy atom. The van der Waals surface area contributed by atoms with Crippen LogP contribution >= 0.6 is 15.9 Å². The third-order valence-electron chi connectivity index (χ3n) is 3.80. The molecule has 0 unspecified atom stereocenters. The van der Waals surface area contributed by atoms with Crippen LogP contribution in [-0.2, 0) is 6.42 Å². The minimum absolute atomic E-state index is 0.646. The lowest BCUT2D eigenvalue weighted by molar-refractivity contribution is 0.648. The molecule has 0 nitrogen and oxygen atoms in total. The van der Waals surface area contributed by atoms with Gasteiger partial charge in [0.25, 0.3) is 0 Å². The van der Waals surface area contributed by atoms with Gasteiger partial charge in [-0.2, -0.15) is 0 Å². The Bertz CT molecular complexity index is 757. The molecule has 0 heterocycles. The van der Waals surface area contributed by atoms with Crippen LogP contribution in [0.25, 0.3) is 21.9 Å². The summed E-state index contributed by atoms with van der Waals surface area (Å²) in [6, 6.07) is 21.6. The van der Waals surface area contributed by atoms with Crippen LogP contribution in [0, 0.1) is 5.92 Å². The molecule has 0 bridgehead atoms. The molecule has 0 aliphatic heterocycles. The van der Waals surface area contributed by atoms with E-state index < -0.39 is 0 Å². The van der Waals surface area contributed by atoms with Crippen LogP contribution in [0.1, 0.15) is 19.4 Å². The van der Waals surface area contributed by atoms with Crippen molar-refractivity contribution < 1.29 is 0 Å². The van der Waals surface area contributed by atoms with E-state index in [1.807, 2.05) is 0 Å². The molecule has 3 rings (SSSR count). The number of halogens is 1. The van der Waals surface area contributed by atoms with E-state index in [9.17, 15) is 0 Å². The Morgan fingerprint density at radius 2 is 1.48 bits per heavy atom. The number of hydrogen-bond acceptors (Lipinski definition) is 0. The maximum atomic E-state index is 3.79. The quantitative estimate of drug-likeness (QED) is 0.513. The largest absolute Gasteiger partial charge is 0.0625 e. The van der Waals surface area contributed by atoms with Crippen molar-refractivity contribution in [2.24, 2.45) is 5.92 Å². The van der Waals surface area contributed by atoms with Gasteiger partial charge in [-0.25, -0.2) is 0 Å². The number of fused-ring (bicyclic) bond motifs is 1. The molecule has 0 amide bonds. The van der Waals surface area contributed by atoms with E-state index in [0.717, 1.165) is 6.42 Å². The van der Waals surface area contributed by atoms with Gasteiger partial charge >= 0.3 is 0 Å². The minimum Gasteiger partial charge on any atom is -0.0625 e. The summed E-state index contributed by atoms with van der Waals surface area (Å²) in [6.07, 6.45) is 1.09. The van der Waals surface area contributed by atoms with Gasteiger partial charge in [-0.1, -0.05) is 84.4 Å². The van der Waals surface area contributed by atoms with Crippen molar-refractivity contribution in [3.63, 3.8) is 0 Å². The standard InChI is InChI=1S/C20H19Br/c1-14(2)12-19-17-11-7-6-10-16(17)18(13-20(19)21)15-8-4-3-5-9-15/h3-11,13-14H,12H2,1-2H3. The van der Waals surface area contributed by atoms with Gasteiger partial charge < -0.3 is 0 Å². The molecule has 0 fully saturated rings. The molecule has 0 aromatic heterocycles. The SMILES string of the molecule is CC(C)Cc1c(Br)cc(-c2ccccc2)c2ccccc12. The van der Waals surface area contributed by atoms with E-state index in [0.29, 0.717) is 5.92 Å². The number of benzene rings is 3. The average Bonchev–Trinajstić information content (AvgIpc) is 2.50. The minimum atomic E-state index is 0.646. The normalized spacial score (nSPS) is 11.2. The van der Waals surface area contributed by atoms with Crippen molar-refractivity contribution in [3.8, 4) is 11.1 Å². The van der Waals surface area contributed by atoms with Crippen molar-refractivity contribution >= 4 is 26.7 Å². The van der Waals surface area contributed by atoms with Crippen molar-refractivity contribution in [3.05, 3.63) is 70.7 Å². The highest BCUT2D eigenvalue weighted by molar-refractivity contribution is 9.10. The average molecular weight is 339 g/mol. The second kappa shape index (κ2) is 6.03. The molecular formula is C20H19Br. The lowest BCUT2D eigenvalue weighted by atomic mass is 9.91. The van der Waals surface area contributed by atoms with Gasteiger partial charge in [0.15, 0.2) is 0 Å². The molecule has 106 valence electrons. The third kappa shape index (κ3) is 2.89. The Labute approximate surface area is 134 Å². The van der Waals surface area contributed by atoms with Crippen LogP contribution < -0.4 is 0 Å².